The zero-order valence-electron chi connectivity index (χ0n) is 19.2. The van der Waals surface area contributed by atoms with Crippen molar-refractivity contribution in [1.29, 1.82) is 0 Å². The minimum Gasteiger partial charge on any atom is -0.491 e. The molecule has 0 aliphatic carbocycles. The van der Waals surface area contributed by atoms with E-state index in [0.717, 1.165) is 0 Å². The number of benzene rings is 3. The molecule has 2 N–H and O–H groups in total. The molecule has 3 aromatic carbocycles. The maximum Gasteiger partial charge on any atom is 0.310 e. The van der Waals surface area contributed by atoms with Crippen LogP contribution in [0.5, 0.6) is 5.75 Å². The highest BCUT2D eigenvalue weighted by molar-refractivity contribution is 7.89. The van der Waals surface area contributed by atoms with E-state index < -0.39 is 22.0 Å². The number of carbonyl (C=O) groups is 2. The van der Waals surface area contributed by atoms with Gasteiger partial charge in [-0.25, -0.2) is 8.42 Å². The Bertz CT molecular complexity index is 1280. The average molecular weight is 551 g/mol. The standard InChI is InChI=1S/C25H24Cl2N2O6S/c1-2-34-24(30)15-17-3-9-20(10-4-17)28-25(31)23(16-35-21-11-5-18(26)6-12-21)29-36(32,33)22-13-7-19(27)8-14-22/h3-14,23,29H,2,15-16H2,1H3,(H,28,31). The molecule has 3 rings (SSSR count). The zero-order chi connectivity index (χ0) is 26.1. The fourth-order valence-corrected chi connectivity index (χ4v) is 4.49. The van der Waals surface area contributed by atoms with Gasteiger partial charge < -0.3 is 14.8 Å². The molecule has 0 saturated heterocycles. The van der Waals surface area contributed by atoms with E-state index in [1.54, 1.807) is 55.5 Å². The van der Waals surface area contributed by atoms with Gasteiger partial charge >= 0.3 is 5.97 Å². The summed E-state index contributed by atoms with van der Waals surface area (Å²) in [6.45, 7) is 1.73. The molecular weight excluding hydrogens is 527 g/mol. The van der Waals surface area contributed by atoms with Crippen LogP contribution in [0.4, 0.5) is 5.69 Å². The summed E-state index contributed by atoms with van der Waals surface area (Å²) in [5.74, 6) is -0.587. The normalized spacial score (nSPS) is 12.0. The SMILES string of the molecule is CCOC(=O)Cc1ccc(NC(=O)C(COc2ccc(Cl)cc2)NS(=O)(=O)c2ccc(Cl)cc2)cc1. The molecule has 0 bridgehead atoms. The Hall–Kier alpha value is -3.11. The van der Waals surface area contributed by atoms with Crippen molar-refractivity contribution < 1.29 is 27.5 Å². The molecule has 1 atom stereocenters. The van der Waals surface area contributed by atoms with Gasteiger partial charge in [-0.2, -0.15) is 4.72 Å². The summed E-state index contributed by atoms with van der Waals surface area (Å²) < 4.78 is 38.8. The van der Waals surface area contributed by atoms with Gasteiger partial charge in [0.05, 0.1) is 17.9 Å². The van der Waals surface area contributed by atoms with Crippen LogP contribution in [0.2, 0.25) is 10.0 Å². The van der Waals surface area contributed by atoms with Gasteiger partial charge in [-0.05, 0) is 73.2 Å². The van der Waals surface area contributed by atoms with Crippen LogP contribution >= 0.6 is 23.2 Å². The molecular formula is C25H24Cl2N2O6S. The molecule has 0 saturated carbocycles. The number of esters is 1. The molecule has 190 valence electrons. The van der Waals surface area contributed by atoms with Gasteiger partial charge in [0, 0.05) is 15.7 Å². The number of amides is 1. The molecule has 36 heavy (non-hydrogen) atoms. The molecule has 8 nitrogen and oxygen atoms in total. The van der Waals surface area contributed by atoms with Gasteiger partial charge in [0.15, 0.2) is 0 Å². The number of rotatable bonds is 11. The molecule has 0 aromatic heterocycles. The van der Waals surface area contributed by atoms with Crippen LogP contribution in [-0.2, 0) is 30.8 Å². The molecule has 11 heteroatoms. The van der Waals surface area contributed by atoms with E-state index in [1.807, 2.05) is 0 Å². The van der Waals surface area contributed by atoms with E-state index in [4.69, 9.17) is 32.7 Å². The second-order valence-electron chi connectivity index (χ2n) is 7.56. The lowest BCUT2D eigenvalue weighted by Gasteiger charge is -2.19. The van der Waals surface area contributed by atoms with E-state index in [0.29, 0.717) is 33.7 Å². The van der Waals surface area contributed by atoms with E-state index in [9.17, 15) is 18.0 Å². The molecule has 3 aromatic rings. The third-order valence-corrected chi connectivity index (χ3v) is 6.83. The number of halogens is 2. The van der Waals surface area contributed by atoms with Gasteiger partial charge in [0.1, 0.15) is 18.4 Å². The Morgan fingerprint density at radius 2 is 1.47 bits per heavy atom. The lowest BCUT2D eigenvalue weighted by molar-refractivity contribution is -0.142. The Labute approximate surface area is 219 Å². The van der Waals surface area contributed by atoms with Crippen LogP contribution in [0.25, 0.3) is 0 Å². The lowest BCUT2D eigenvalue weighted by atomic mass is 10.1. The van der Waals surface area contributed by atoms with Gasteiger partial charge in [0.25, 0.3) is 0 Å². The van der Waals surface area contributed by atoms with Crippen molar-refractivity contribution in [2.45, 2.75) is 24.3 Å². The second kappa shape index (κ2) is 12.7. The highest BCUT2D eigenvalue weighted by Crippen LogP contribution is 2.18. The maximum absolute atomic E-state index is 13.1. The fraction of sp³-hybridized carbons (Fsp3) is 0.200. The minimum atomic E-state index is -4.07. The topological polar surface area (TPSA) is 111 Å². The maximum atomic E-state index is 13.1. The number of anilines is 1. The Morgan fingerprint density at radius 3 is 2.06 bits per heavy atom. The predicted molar refractivity (Wildman–Crippen MR) is 138 cm³/mol. The highest BCUT2D eigenvalue weighted by atomic mass is 35.5. The van der Waals surface area contributed by atoms with Crippen molar-refractivity contribution in [2.24, 2.45) is 0 Å². The van der Waals surface area contributed by atoms with Crippen molar-refractivity contribution >= 4 is 50.8 Å². The van der Waals surface area contributed by atoms with Gasteiger partial charge in [0.2, 0.25) is 15.9 Å². The van der Waals surface area contributed by atoms with Crippen LogP contribution < -0.4 is 14.8 Å². The number of carbonyl (C=O) groups excluding carboxylic acids is 2. The molecule has 1 unspecified atom stereocenters. The van der Waals surface area contributed by atoms with Crippen molar-refractivity contribution in [3.63, 3.8) is 0 Å². The summed E-state index contributed by atoms with van der Waals surface area (Å²) in [5, 5.41) is 3.55. The predicted octanol–water partition coefficient (Wildman–Crippen LogP) is 4.46. The Morgan fingerprint density at radius 1 is 0.889 bits per heavy atom. The molecule has 0 aliphatic heterocycles. The third-order valence-electron chi connectivity index (χ3n) is 4.84. The van der Waals surface area contributed by atoms with Gasteiger partial charge in [-0.3, -0.25) is 9.59 Å². The van der Waals surface area contributed by atoms with E-state index >= 15 is 0 Å². The average Bonchev–Trinajstić information content (AvgIpc) is 2.84. The number of hydrogen-bond donors (Lipinski definition) is 2. The monoisotopic (exact) mass is 550 g/mol. The highest BCUT2D eigenvalue weighted by Gasteiger charge is 2.27. The first kappa shape index (κ1) is 27.5. The molecule has 0 spiro atoms. The summed E-state index contributed by atoms with van der Waals surface area (Å²) >= 11 is 11.7. The summed E-state index contributed by atoms with van der Waals surface area (Å²) in [6.07, 6.45) is 0.0977. The molecule has 0 heterocycles. The lowest BCUT2D eigenvalue weighted by Crippen LogP contribution is -2.47. The van der Waals surface area contributed by atoms with Gasteiger partial charge in [-0.1, -0.05) is 35.3 Å². The fourth-order valence-electron chi connectivity index (χ4n) is 3.06. The summed E-state index contributed by atoms with van der Waals surface area (Å²) in [4.78, 5) is 24.7. The van der Waals surface area contributed by atoms with Crippen LogP contribution in [-0.4, -0.2) is 39.5 Å². The van der Waals surface area contributed by atoms with Crippen LogP contribution in [0.1, 0.15) is 12.5 Å². The van der Waals surface area contributed by atoms with Crippen molar-refractivity contribution in [3.05, 3.63) is 88.4 Å². The largest absolute Gasteiger partial charge is 0.491 e. The van der Waals surface area contributed by atoms with E-state index in [2.05, 4.69) is 10.0 Å². The second-order valence-corrected chi connectivity index (χ2v) is 10.1. The van der Waals surface area contributed by atoms with Crippen molar-refractivity contribution in [1.82, 2.24) is 4.72 Å². The molecule has 0 aliphatic rings. The van der Waals surface area contributed by atoms with Crippen LogP contribution in [0.3, 0.4) is 0 Å². The smallest absolute Gasteiger partial charge is 0.310 e. The molecule has 1 amide bonds. The summed E-state index contributed by atoms with van der Waals surface area (Å²) in [7, 11) is -4.07. The number of ether oxygens (including phenoxy) is 2. The zero-order valence-corrected chi connectivity index (χ0v) is 21.6. The first-order valence-corrected chi connectivity index (χ1v) is 13.1. The molecule has 0 fully saturated rings. The number of sulfonamides is 1. The quantitative estimate of drug-likeness (QED) is 0.341. The number of nitrogens with one attached hydrogen (secondary N) is 2. The van der Waals surface area contributed by atoms with Crippen LogP contribution in [0, 0.1) is 0 Å². The minimum absolute atomic E-state index is 0.0560. The third kappa shape index (κ3) is 8.23. The van der Waals surface area contributed by atoms with Crippen molar-refractivity contribution in [2.75, 3.05) is 18.5 Å². The Kier molecular flexibility index (Phi) is 9.72. The van der Waals surface area contributed by atoms with Crippen LogP contribution in [0.15, 0.2) is 77.7 Å². The van der Waals surface area contributed by atoms with Gasteiger partial charge in [-0.15, -0.1) is 0 Å². The van der Waals surface area contributed by atoms with Crippen molar-refractivity contribution in [3.8, 4) is 5.75 Å². The van der Waals surface area contributed by atoms with E-state index in [-0.39, 0.29) is 23.9 Å². The van der Waals surface area contributed by atoms with E-state index in [1.165, 1.54) is 24.3 Å². The molecule has 0 radical (unpaired) electrons. The first-order chi connectivity index (χ1) is 17.2. The summed E-state index contributed by atoms with van der Waals surface area (Å²) in [5.41, 5.74) is 1.12. The first-order valence-electron chi connectivity index (χ1n) is 10.9. The number of hydrogen-bond acceptors (Lipinski definition) is 6. The Balaban J connectivity index is 1.74. The summed E-state index contributed by atoms with van der Waals surface area (Å²) in [6, 6.07) is 17.3.